The van der Waals surface area contributed by atoms with E-state index in [4.69, 9.17) is 4.74 Å². The lowest BCUT2D eigenvalue weighted by Crippen LogP contribution is -2.86. The van der Waals surface area contributed by atoms with E-state index in [9.17, 15) is 0 Å². The predicted molar refractivity (Wildman–Crippen MR) is 36.3 cm³/mol. The Balaban J connectivity index is 2.08. The van der Waals surface area contributed by atoms with E-state index in [2.05, 4.69) is 5.32 Å². The van der Waals surface area contributed by atoms with E-state index >= 15 is 0 Å². The van der Waals surface area contributed by atoms with Crippen LogP contribution in [0, 0.1) is 5.92 Å². The quantitative estimate of drug-likeness (QED) is 0.541. The first-order valence-corrected chi connectivity index (χ1v) is 3.74. The first kappa shape index (κ1) is 7.03. The lowest BCUT2D eigenvalue weighted by atomic mass is 10.00. The fourth-order valence-corrected chi connectivity index (χ4v) is 1.40. The minimum absolute atomic E-state index is 0.847. The van der Waals surface area contributed by atoms with Crippen molar-refractivity contribution in [2.75, 3.05) is 26.8 Å². The van der Waals surface area contributed by atoms with E-state index in [1.54, 1.807) is 7.11 Å². The topological polar surface area (TPSA) is 25.8 Å². The van der Waals surface area contributed by atoms with Crippen LogP contribution in [0.3, 0.4) is 0 Å². The van der Waals surface area contributed by atoms with Gasteiger partial charge >= 0.3 is 0 Å². The molecule has 9 heavy (non-hydrogen) atoms. The fraction of sp³-hybridized carbons (Fsp3) is 1.00. The Morgan fingerprint density at radius 2 is 2.11 bits per heavy atom. The zero-order valence-corrected chi connectivity index (χ0v) is 6.10. The Kier molecular flexibility index (Phi) is 3.01. The highest BCUT2D eigenvalue weighted by Crippen LogP contribution is 2.07. The van der Waals surface area contributed by atoms with Gasteiger partial charge in [-0.1, -0.05) is 0 Å². The molecule has 54 valence electrons. The van der Waals surface area contributed by atoms with Crippen LogP contribution in [0.2, 0.25) is 0 Å². The first-order chi connectivity index (χ1) is 4.43. The van der Waals surface area contributed by atoms with Crippen molar-refractivity contribution >= 4 is 0 Å². The van der Waals surface area contributed by atoms with E-state index < -0.39 is 0 Å². The monoisotopic (exact) mass is 130 g/mol. The molecule has 1 rings (SSSR count). The van der Waals surface area contributed by atoms with Crippen molar-refractivity contribution in [1.29, 1.82) is 0 Å². The molecule has 2 N–H and O–H groups in total. The second-order valence-corrected chi connectivity index (χ2v) is 2.76. The summed E-state index contributed by atoms with van der Waals surface area (Å²) in [5, 5.41) is 2.38. The molecule has 0 aliphatic carbocycles. The van der Waals surface area contributed by atoms with Crippen molar-refractivity contribution in [3.8, 4) is 0 Å². The predicted octanol–water partition coefficient (Wildman–Crippen LogP) is -0.394. The minimum atomic E-state index is 0.847. The molecule has 0 radical (unpaired) electrons. The van der Waals surface area contributed by atoms with Gasteiger partial charge in [0.25, 0.3) is 0 Å². The standard InChI is InChI=1S/C7H15NO/c1-9-6-7-2-4-8-5-3-7/h7-8H,2-6H2,1H3/p+1. The molecule has 0 aromatic carbocycles. The van der Waals surface area contributed by atoms with Gasteiger partial charge in [-0.3, -0.25) is 0 Å². The highest BCUT2D eigenvalue weighted by Gasteiger charge is 2.13. The molecular weight excluding hydrogens is 114 g/mol. The molecule has 1 heterocycles. The van der Waals surface area contributed by atoms with Crippen LogP contribution in [0.5, 0.6) is 0 Å². The van der Waals surface area contributed by atoms with Gasteiger partial charge < -0.3 is 10.1 Å². The highest BCUT2D eigenvalue weighted by molar-refractivity contribution is 4.58. The molecule has 0 bridgehead atoms. The molecule has 2 nitrogen and oxygen atoms in total. The molecule has 1 aliphatic heterocycles. The summed E-state index contributed by atoms with van der Waals surface area (Å²) in [7, 11) is 1.79. The molecule has 1 aliphatic rings. The van der Waals surface area contributed by atoms with Gasteiger partial charge in [-0.15, -0.1) is 0 Å². The van der Waals surface area contributed by atoms with Gasteiger partial charge in [-0.2, -0.15) is 0 Å². The summed E-state index contributed by atoms with van der Waals surface area (Å²) in [6, 6.07) is 0. The molecule has 0 unspecified atom stereocenters. The number of hydrogen-bond acceptors (Lipinski definition) is 1. The Bertz CT molecular complexity index is 66.6. The Morgan fingerprint density at radius 3 is 2.67 bits per heavy atom. The third kappa shape index (κ3) is 2.33. The van der Waals surface area contributed by atoms with E-state index in [-0.39, 0.29) is 0 Å². The first-order valence-electron chi connectivity index (χ1n) is 3.74. The molecule has 0 aromatic rings. The average Bonchev–Trinajstić information content (AvgIpc) is 1.91. The molecule has 1 saturated heterocycles. The summed E-state index contributed by atoms with van der Waals surface area (Å²) in [6.07, 6.45) is 2.68. The van der Waals surface area contributed by atoms with Crippen molar-refractivity contribution in [1.82, 2.24) is 0 Å². The second-order valence-electron chi connectivity index (χ2n) is 2.76. The van der Waals surface area contributed by atoms with Crippen molar-refractivity contribution in [3.05, 3.63) is 0 Å². The van der Waals surface area contributed by atoms with Crippen molar-refractivity contribution in [2.24, 2.45) is 5.92 Å². The van der Waals surface area contributed by atoms with Crippen LogP contribution < -0.4 is 5.32 Å². The molecule has 0 saturated carbocycles. The number of nitrogens with two attached hydrogens (primary N) is 1. The second kappa shape index (κ2) is 3.85. The van der Waals surface area contributed by atoms with Crippen LogP contribution in [-0.2, 0) is 4.74 Å². The van der Waals surface area contributed by atoms with Crippen molar-refractivity contribution in [3.63, 3.8) is 0 Å². The molecular formula is C7H16NO+. The highest BCUT2D eigenvalue weighted by atomic mass is 16.5. The van der Waals surface area contributed by atoms with Crippen LogP contribution in [0.15, 0.2) is 0 Å². The minimum Gasteiger partial charge on any atom is -0.384 e. The van der Waals surface area contributed by atoms with Crippen molar-refractivity contribution < 1.29 is 10.1 Å². The average molecular weight is 130 g/mol. The smallest absolute Gasteiger partial charge is 0.0758 e. The molecule has 0 spiro atoms. The third-order valence-corrected chi connectivity index (χ3v) is 1.96. The lowest BCUT2D eigenvalue weighted by molar-refractivity contribution is -0.665. The number of piperidine rings is 1. The maximum absolute atomic E-state index is 5.07. The normalized spacial score (nSPS) is 22.3. The summed E-state index contributed by atoms with van der Waals surface area (Å²) in [6.45, 7) is 3.57. The maximum atomic E-state index is 5.07. The van der Waals surface area contributed by atoms with E-state index in [1.165, 1.54) is 25.9 Å². The molecule has 1 fully saturated rings. The molecule has 0 atom stereocenters. The van der Waals surface area contributed by atoms with Crippen LogP contribution >= 0.6 is 0 Å². The van der Waals surface area contributed by atoms with Crippen LogP contribution in [0.1, 0.15) is 12.8 Å². The lowest BCUT2D eigenvalue weighted by Gasteiger charge is -2.18. The summed E-state index contributed by atoms with van der Waals surface area (Å²) < 4.78 is 5.07. The third-order valence-electron chi connectivity index (χ3n) is 1.96. The number of quaternary nitrogens is 1. The summed E-state index contributed by atoms with van der Waals surface area (Å²) >= 11 is 0. The number of ether oxygens (including phenoxy) is 1. The van der Waals surface area contributed by atoms with Crippen molar-refractivity contribution in [2.45, 2.75) is 12.8 Å². The van der Waals surface area contributed by atoms with E-state index in [0.29, 0.717) is 0 Å². The summed E-state index contributed by atoms with van der Waals surface area (Å²) in [4.78, 5) is 0. The number of methoxy groups -OCH3 is 1. The largest absolute Gasteiger partial charge is 0.384 e. The van der Waals surface area contributed by atoms with E-state index in [0.717, 1.165) is 12.5 Å². The number of hydrogen-bond donors (Lipinski definition) is 1. The van der Waals surface area contributed by atoms with E-state index in [1.807, 2.05) is 0 Å². The van der Waals surface area contributed by atoms with Gasteiger partial charge in [-0.25, -0.2) is 0 Å². The fourth-order valence-electron chi connectivity index (χ4n) is 1.40. The maximum Gasteiger partial charge on any atom is 0.0758 e. The van der Waals surface area contributed by atoms with Crippen LogP contribution in [-0.4, -0.2) is 26.8 Å². The molecule has 2 heteroatoms. The SMILES string of the molecule is COCC1CC[NH2+]CC1. The summed E-state index contributed by atoms with van der Waals surface area (Å²) in [5.74, 6) is 0.847. The van der Waals surface area contributed by atoms with Gasteiger partial charge in [-0.05, 0) is 5.92 Å². The Hall–Kier alpha value is -0.0800. The summed E-state index contributed by atoms with van der Waals surface area (Å²) in [5.41, 5.74) is 0. The zero-order valence-electron chi connectivity index (χ0n) is 6.10. The van der Waals surface area contributed by atoms with Gasteiger partial charge in [0.2, 0.25) is 0 Å². The molecule has 0 aromatic heterocycles. The van der Waals surface area contributed by atoms with Gasteiger partial charge in [0.1, 0.15) is 0 Å². The molecule has 0 amide bonds. The van der Waals surface area contributed by atoms with Crippen LogP contribution in [0.25, 0.3) is 0 Å². The Morgan fingerprint density at radius 1 is 1.44 bits per heavy atom. The van der Waals surface area contributed by atoms with Gasteiger partial charge in [0.05, 0.1) is 13.1 Å². The van der Waals surface area contributed by atoms with Gasteiger partial charge in [0, 0.05) is 26.6 Å². The Labute approximate surface area is 56.6 Å². The number of rotatable bonds is 2. The van der Waals surface area contributed by atoms with Gasteiger partial charge in [0.15, 0.2) is 0 Å². The van der Waals surface area contributed by atoms with Crippen LogP contribution in [0.4, 0.5) is 0 Å². The zero-order chi connectivity index (χ0) is 6.53.